The Labute approximate surface area is 193 Å². The summed E-state index contributed by atoms with van der Waals surface area (Å²) in [5, 5.41) is 0. The van der Waals surface area contributed by atoms with E-state index in [0.717, 1.165) is 21.9 Å². The molecule has 8 heteroatoms. The van der Waals surface area contributed by atoms with Crippen LogP contribution in [0.2, 0.25) is 0 Å². The van der Waals surface area contributed by atoms with Crippen molar-refractivity contribution in [3.8, 4) is 0 Å². The molecule has 0 spiro atoms. The summed E-state index contributed by atoms with van der Waals surface area (Å²) in [6.07, 6.45) is 1.61. The zero-order chi connectivity index (χ0) is 22.9. The third-order valence-corrected chi connectivity index (χ3v) is 7.03. The second kappa shape index (κ2) is 8.92. The van der Waals surface area contributed by atoms with Gasteiger partial charge in [0.05, 0.1) is 12.3 Å². The molecule has 1 N–H and O–H groups in total. The molecule has 0 aromatic heterocycles. The molecule has 1 heterocycles. The van der Waals surface area contributed by atoms with E-state index < -0.39 is 27.3 Å². The maximum atomic E-state index is 13.2. The average Bonchev–Trinajstić information content (AvgIpc) is 2.66. The number of sulfonamides is 1. The third-order valence-electron chi connectivity index (χ3n) is 5.58. The highest BCUT2D eigenvalue weighted by atomic mass is 79.9. The molecule has 1 fully saturated rings. The minimum absolute atomic E-state index is 0.142. The largest absolute Gasteiger partial charge is 0.438 e. The van der Waals surface area contributed by atoms with E-state index in [1.807, 2.05) is 75.4 Å². The molecule has 6 nitrogen and oxygen atoms in total. The Kier molecular flexibility index (Phi) is 6.84. The molecule has 0 bridgehead atoms. The maximum absolute atomic E-state index is 13.2. The molecule has 2 atom stereocenters. The molecule has 0 saturated carbocycles. The Morgan fingerprint density at radius 3 is 2.32 bits per heavy atom. The number of nitrogens with one attached hydrogen (secondary N) is 1. The SMILES string of the molecule is C[C@@H](c1ccc(Br)cc1)N1CC[C@](CC(C)(C)NS(C)(=O)=O)(c2ccccc2)OC1=O. The first-order valence-corrected chi connectivity index (χ1v) is 12.9. The maximum Gasteiger partial charge on any atom is 0.411 e. The van der Waals surface area contributed by atoms with Gasteiger partial charge in [0, 0.05) is 29.4 Å². The van der Waals surface area contributed by atoms with Crippen LogP contribution < -0.4 is 4.72 Å². The van der Waals surface area contributed by atoms with Gasteiger partial charge in [-0.05, 0) is 44.0 Å². The van der Waals surface area contributed by atoms with Crippen molar-refractivity contribution in [3.05, 3.63) is 70.2 Å². The van der Waals surface area contributed by atoms with Crippen LogP contribution in [0.1, 0.15) is 50.8 Å². The molecule has 31 heavy (non-hydrogen) atoms. The van der Waals surface area contributed by atoms with Gasteiger partial charge in [-0.3, -0.25) is 0 Å². The van der Waals surface area contributed by atoms with Gasteiger partial charge >= 0.3 is 6.09 Å². The van der Waals surface area contributed by atoms with Gasteiger partial charge < -0.3 is 9.64 Å². The Bertz CT molecular complexity index is 1030. The van der Waals surface area contributed by atoms with Crippen LogP contribution in [0.5, 0.6) is 0 Å². The van der Waals surface area contributed by atoms with Crippen LogP contribution in [0, 0.1) is 0 Å². The first-order valence-electron chi connectivity index (χ1n) is 10.2. The van der Waals surface area contributed by atoms with Crippen LogP contribution in [0.25, 0.3) is 0 Å². The monoisotopic (exact) mass is 508 g/mol. The number of ether oxygens (including phenoxy) is 1. The average molecular weight is 509 g/mol. The molecule has 0 unspecified atom stereocenters. The molecule has 1 amide bonds. The number of carbonyl (C=O) groups excluding carboxylic acids is 1. The van der Waals surface area contributed by atoms with Crippen LogP contribution in [0.15, 0.2) is 59.1 Å². The van der Waals surface area contributed by atoms with Crippen molar-refractivity contribution < 1.29 is 17.9 Å². The standard InChI is InChI=1S/C23H29BrN2O4S/c1-17(18-10-12-20(24)13-11-18)26-15-14-23(30-21(26)27,19-8-6-5-7-9-19)16-22(2,3)25-31(4,28)29/h5-13,17,25H,14-16H2,1-4H3/t17-,23-/m0/s1. The lowest BCUT2D eigenvalue weighted by Crippen LogP contribution is -2.54. The van der Waals surface area contributed by atoms with E-state index >= 15 is 0 Å². The summed E-state index contributed by atoms with van der Waals surface area (Å²) in [4.78, 5) is 14.9. The van der Waals surface area contributed by atoms with Gasteiger partial charge in [0.15, 0.2) is 0 Å². The molecule has 168 valence electrons. The number of amides is 1. The lowest BCUT2D eigenvalue weighted by molar-refractivity contribution is -0.0750. The van der Waals surface area contributed by atoms with E-state index in [1.54, 1.807) is 4.90 Å². The number of halogens is 1. The molecule has 3 rings (SSSR count). The second-order valence-corrected chi connectivity index (χ2v) is 11.5. The van der Waals surface area contributed by atoms with Gasteiger partial charge in [0.2, 0.25) is 10.0 Å². The number of nitrogens with zero attached hydrogens (tertiary/aromatic N) is 1. The van der Waals surface area contributed by atoms with Crippen molar-refractivity contribution in [1.29, 1.82) is 0 Å². The number of hydrogen-bond acceptors (Lipinski definition) is 4. The molecule has 2 aromatic carbocycles. The zero-order valence-electron chi connectivity index (χ0n) is 18.3. The summed E-state index contributed by atoms with van der Waals surface area (Å²) in [7, 11) is -3.42. The number of cyclic esters (lactones) is 1. The van der Waals surface area contributed by atoms with E-state index in [0.29, 0.717) is 19.4 Å². The van der Waals surface area contributed by atoms with Crippen molar-refractivity contribution >= 4 is 32.0 Å². The van der Waals surface area contributed by atoms with Crippen molar-refractivity contribution in [2.45, 2.75) is 50.8 Å². The van der Waals surface area contributed by atoms with E-state index in [9.17, 15) is 13.2 Å². The topological polar surface area (TPSA) is 75.7 Å². The molecule has 1 aliphatic rings. The minimum Gasteiger partial charge on any atom is -0.438 e. The highest BCUT2D eigenvalue weighted by Gasteiger charge is 2.47. The summed E-state index contributed by atoms with van der Waals surface area (Å²) < 4.78 is 33.6. The third kappa shape index (κ3) is 5.87. The first kappa shape index (κ1) is 23.8. The van der Waals surface area contributed by atoms with E-state index in [-0.39, 0.29) is 6.04 Å². The summed E-state index contributed by atoms with van der Waals surface area (Å²) in [5.74, 6) is 0. The van der Waals surface area contributed by atoms with Crippen LogP contribution in [0.4, 0.5) is 4.79 Å². The fraction of sp³-hybridized carbons (Fsp3) is 0.435. The van der Waals surface area contributed by atoms with Crippen molar-refractivity contribution in [2.24, 2.45) is 0 Å². The van der Waals surface area contributed by atoms with Crippen LogP contribution in [0.3, 0.4) is 0 Å². The number of benzene rings is 2. The van der Waals surface area contributed by atoms with Crippen LogP contribution in [-0.4, -0.2) is 37.8 Å². The van der Waals surface area contributed by atoms with E-state index in [1.165, 1.54) is 0 Å². The van der Waals surface area contributed by atoms with Gasteiger partial charge in [-0.15, -0.1) is 0 Å². The zero-order valence-corrected chi connectivity index (χ0v) is 20.7. The van der Waals surface area contributed by atoms with Gasteiger partial charge in [-0.2, -0.15) is 0 Å². The Morgan fingerprint density at radius 1 is 1.16 bits per heavy atom. The highest BCUT2D eigenvalue weighted by Crippen LogP contribution is 2.42. The summed E-state index contributed by atoms with van der Waals surface area (Å²) in [6, 6.07) is 17.3. The molecule has 2 aromatic rings. The van der Waals surface area contributed by atoms with Crippen molar-refractivity contribution in [1.82, 2.24) is 9.62 Å². The summed E-state index contributed by atoms with van der Waals surface area (Å²) in [5.41, 5.74) is 0.160. The Hall–Kier alpha value is -1.90. The van der Waals surface area contributed by atoms with Crippen molar-refractivity contribution in [2.75, 3.05) is 12.8 Å². The van der Waals surface area contributed by atoms with Gasteiger partial charge in [-0.1, -0.05) is 58.4 Å². The fourth-order valence-electron chi connectivity index (χ4n) is 4.37. The van der Waals surface area contributed by atoms with Crippen LogP contribution >= 0.6 is 15.9 Å². The van der Waals surface area contributed by atoms with Crippen LogP contribution in [-0.2, 0) is 20.4 Å². The highest BCUT2D eigenvalue weighted by molar-refractivity contribution is 9.10. The van der Waals surface area contributed by atoms with Gasteiger partial charge in [-0.25, -0.2) is 17.9 Å². The Balaban J connectivity index is 1.89. The molecule has 1 saturated heterocycles. The molecule has 0 radical (unpaired) electrons. The molecular formula is C23H29BrN2O4S. The summed E-state index contributed by atoms with van der Waals surface area (Å²) in [6.45, 7) is 6.10. The molecule has 0 aliphatic carbocycles. The lowest BCUT2D eigenvalue weighted by atomic mass is 9.79. The number of hydrogen-bond donors (Lipinski definition) is 1. The predicted octanol–water partition coefficient (Wildman–Crippen LogP) is 4.97. The molecule has 1 aliphatic heterocycles. The minimum atomic E-state index is -3.42. The lowest BCUT2D eigenvalue weighted by Gasteiger charge is -2.46. The first-order chi connectivity index (χ1) is 14.4. The smallest absolute Gasteiger partial charge is 0.411 e. The predicted molar refractivity (Wildman–Crippen MR) is 125 cm³/mol. The van der Waals surface area contributed by atoms with Gasteiger partial charge in [0.1, 0.15) is 5.60 Å². The quantitative estimate of drug-likeness (QED) is 0.572. The number of carbonyl (C=O) groups is 1. The number of rotatable bonds is 7. The normalized spacial score (nSPS) is 20.9. The van der Waals surface area contributed by atoms with Gasteiger partial charge in [0.25, 0.3) is 0 Å². The molecular weight excluding hydrogens is 480 g/mol. The van der Waals surface area contributed by atoms with E-state index in [4.69, 9.17) is 4.74 Å². The van der Waals surface area contributed by atoms with Crippen molar-refractivity contribution in [3.63, 3.8) is 0 Å². The second-order valence-electron chi connectivity index (χ2n) is 8.83. The van der Waals surface area contributed by atoms with E-state index in [2.05, 4.69) is 20.7 Å². The summed E-state index contributed by atoms with van der Waals surface area (Å²) >= 11 is 3.44. The Morgan fingerprint density at radius 2 is 1.77 bits per heavy atom. The fourth-order valence-corrected chi connectivity index (χ4v) is 5.71.